The molecule has 35 heavy (non-hydrogen) atoms. The number of fused-ring (bicyclic) bond motifs is 6. The molecule has 1 saturated heterocycles. The van der Waals surface area contributed by atoms with E-state index in [2.05, 4.69) is 9.97 Å². The van der Waals surface area contributed by atoms with Crippen LogP contribution in [0.1, 0.15) is 46.4 Å². The molecule has 180 valence electrons. The molecule has 0 radical (unpaired) electrons. The lowest BCUT2D eigenvalue weighted by Gasteiger charge is -2.41. The number of halogens is 4. The smallest absolute Gasteiger partial charge is 0.382 e. The normalized spacial score (nSPS) is 22.0. The SMILES string of the molecule is C[C@@H]1C[C@@H]2Cc3cc(C(F)(F)F)ccc3[C@@H]2N(C(=O)c2cc3c(cc2F)nc(N)c2cncn23)C1. The third-order valence-electron chi connectivity index (χ3n) is 7.22. The average molecular weight is 483 g/mol. The number of carbonyl (C=O) groups is 1. The molecule has 2 aromatic carbocycles. The molecule has 1 aliphatic carbocycles. The Bertz CT molecular complexity index is 1510. The number of anilines is 1. The summed E-state index contributed by atoms with van der Waals surface area (Å²) in [6.45, 7) is 2.39. The second kappa shape index (κ2) is 7.40. The van der Waals surface area contributed by atoms with Crippen LogP contribution >= 0.6 is 0 Å². The molecule has 10 heteroatoms. The zero-order valence-electron chi connectivity index (χ0n) is 18.7. The fourth-order valence-corrected chi connectivity index (χ4v) is 5.80. The van der Waals surface area contributed by atoms with Crippen LogP contribution in [-0.2, 0) is 12.6 Å². The molecule has 0 unspecified atom stereocenters. The number of amides is 1. The summed E-state index contributed by atoms with van der Waals surface area (Å²) in [6, 6.07) is 5.95. The fraction of sp³-hybridized carbons (Fsp3) is 0.320. The molecule has 3 atom stereocenters. The maximum absolute atomic E-state index is 15.2. The molecule has 4 aromatic rings. The van der Waals surface area contributed by atoms with Crippen molar-refractivity contribution in [2.45, 2.75) is 32.0 Å². The molecular weight excluding hydrogens is 462 g/mol. The zero-order valence-corrected chi connectivity index (χ0v) is 18.7. The van der Waals surface area contributed by atoms with E-state index in [-0.39, 0.29) is 28.7 Å². The Hall–Kier alpha value is -3.69. The summed E-state index contributed by atoms with van der Waals surface area (Å²) < 4.78 is 56.7. The molecule has 3 heterocycles. The van der Waals surface area contributed by atoms with Gasteiger partial charge in [-0.2, -0.15) is 13.2 Å². The average Bonchev–Trinajstić information content (AvgIpc) is 3.42. The molecule has 2 N–H and O–H groups in total. The van der Waals surface area contributed by atoms with Crippen LogP contribution in [0, 0.1) is 17.7 Å². The minimum absolute atomic E-state index is 0.0217. The molecule has 2 aromatic heterocycles. The molecule has 0 saturated carbocycles. The lowest BCUT2D eigenvalue weighted by atomic mass is 9.84. The Kier molecular flexibility index (Phi) is 4.61. The number of rotatable bonds is 1. The number of imidazole rings is 1. The van der Waals surface area contributed by atoms with E-state index in [4.69, 9.17) is 5.73 Å². The number of nitrogens with two attached hydrogens (primary N) is 1. The number of nitrogens with zero attached hydrogens (tertiary/aromatic N) is 4. The highest BCUT2D eigenvalue weighted by atomic mass is 19.4. The molecule has 0 bridgehead atoms. The number of aromatic nitrogens is 3. The van der Waals surface area contributed by atoms with Gasteiger partial charge in [-0.3, -0.25) is 9.20 Å². The first-order valence-corrected chi connectivity index (χ1v) is 11.3. The van der Waals surface area contributed by atoms with Gasteiger partial charge in [0.2, 0.25) is 0 Å². The van der Waals surface area contributed by atoms with Gasteiger partial charge in [0, 0.05) is 12.6 Å². The third kappa shape index (κ3) is 3.34. The number of carbonyl (C=O) groups excluding carboxylic acids is 1. The second-order valence-corrected chi connectivity index (χ2v) is 9.59. The third-order valence-corrected chi connectivity index (χ3v) is 7.22. The number of alkyl halides is 3. The van der Waals surface area contributed by atoms with E-state index >= 15 is 4.39 Å². The highest BCUT2D eigenvalue weighted by Gasteiger charge is 2.44. The Morgan fingerprint density at radius 2 is 1.97 bits per heavy atom. The lowest BCUT2D eigenvalue weighted by Crippen LogP contribution is -2.44. The second-order valence-electron chi connectivity index (χ2n) is 9.59. The Morgan fingerprint density at radius 3 is 2.74 bits per heavy atom. The molecule has 1 fully saturated rings. The summed E-state index contributed by atoms with van der Waals surface area (Å²) in [6.07, 6.45) is -0.142. The van der Waals surface area contributed by atoms with Crippen LogP contribution < -0.4 is 5.73 Å². The van der Waals surface area contributed by atoms with Crippen LogP contribution in [0.4, 0.5) is 23.4 Å². The molecule has 1 aliphatic heterocycles. The summed E-state index contributed by atoms with van der Waals surface area (Å²) in [7, 11) is 0. The van der Waals surface area contributed by atoms with Crippen molar-refractivity contribution in [3.05, 3.63) is 70.9 Å². The number of likely N-dealkylation sites (tertiary alicyclic amines) is 1. The van der Waals surface area contributed by atoms with Crippen molar-refractivity contribution in [2.24, 2.45) is 11.8 Å². The quantitative estimate of drug-likeness (QED) is 0.386. The minimum atomic E-state index is -4.43. The van der Waals surface area contributed by atoms with Crippen molar-refractivity contribution in [2.75, 3.05) is 12.3 Å². The van der Waals surface area contributed by atoms with Gasteiger partial charge in [-0.25, -0.2) is 14.4 Å². The lowest BCUT2D eigenvalue weighted by molar-refractivity contribution is -0.137. The largest absolute Gasteiger partial charge is 0.416 e. The highest BCUT2D eigenvalue weighted by Crippen LogP contribution is 2.48. The first-order chi connectivity index (χ1) is 16.6. The van der Waals surface area contributed by atoms with Crippen molar-refractivity contribution < 1.29 is 22.4 Å². The molecule has 6 rings (SSSR count). The van der Waals surface area contributed by atoms with Gasteiger partial charge >= 0.3 is 6.18 Å². The van der Waals surface area contributed by atoms with Crippen molar-refractivity contribution >= 4 is 28.3 Å². The Morgan fingerprint density at radius 1 is 1.17 bits per heavy atom. The van der Waals surface area contributed by atoms with Gasteiger partial charge in [-0.1, -0.05) is 13.0 Å². The van der Waals surface area contributed by atoms with Gasteiger partial charge in [0.25, 0.3) is 5.91 Å². The van der Waals surface area contributed by atoms with Gasteiger partial charge in [0.1, 0.15) is 17.2 Å². The van der Waals surface area contributed by atoms with Crippen LogP contribution in [-0.4, -0.2) is 31.7 Å². The zero-order chi connectivity index (χ0) is 24.6. The molecule has 0 spiro atoms. The van der Waals surface area contributed by atoms with Gasteiger partial charge in [-0.05, 0) is 54.0 Å². The van der Waals surface area contributed by atoms with E-state index in [1.165, 1.54) is 36.8 Å². The standard InChI is InChI=1S/C25H21F4N5O/c1-12-4-14-5-13-6-15(25(27,28)29)2-3-16(13)22(14)33(10-12)24(35)17-7-20-19(8-18(17)26)32-23(30)21-9-31-11-34(20)21/h2-3,6-9,11-12,14,22H,4-5,10H2,1H3,(H2,30,32)/t12-,14-,22-/m1/s1. The van der Waals surface area contributed by atoms with Crippen molar-refractivity contribution in [1.29, 1.82) is 0 Å². The van der Waals surface area contributed by atoms with Gasteiger partial charge in [-0.15, -0.1) is 0 Å². The number of benzene rings is 2. The molecule has 6 nitrogen and oxygen atoms in total. The Balaban J connectivity index is 1.44. The predicted molar refractivity (Wildman–Crippen MR) is 121 cm³/mol. The van der Waals surface area contributed by atoms with Gasteiger partial charge in [0.15, 0.2) is 0 Å². The summed E-state index contributed by atoms with van der Waals surface area (Å²) in [5.74, 6) is -0.923. The van der Waals surface area contributed by atoms with Crippen LogP contribution in [0.25, 0.3) is 16.6 Å². The van der Waals surface area contributed by atoms with Crippen molar-refractivity contribution in [3.63, 3.8) is 0 Å². The van der Waals surface area contributed by atoms with Crippen LogP contribution in [0.3, 0.4) is 0 Å². The number of hydrogen-bond acceptors (Lipinski definition) is 4. The minimum Gasteiger partial charge on any atom is -0.382 e. The summed E-state index contributed by atoms with van der Waals surface area (Å²) in [4.78, 5) is 23.7. The molecular formula is C25H21F4N5O. The monoisotopic (exact) mass is 483 g/mol. The first kappa shape index (κ1) is 21.8. The van der Waals surface area contributed by atoms with Crippen LogP contribution in [0.2, 0.25) is 0 Å². The van der Waals surface area contributed by atoms with Gasteiger partial charge < -0.3 is 10.6 Å². The van der Waals surface area contributed by atoms with E-state index < -0.39 is 29.5 Å². The number of nitrogen functional groups attached to an aromatic ring is 1. The highest BCUT2D eigenvalue weighted by molar-refractivity contribution is 5.99. The molecule has 1 amide bonds. The fourth-order valence-electron chi connectivity index (χ4n) is 5.80. The van der Waals surface area contributed by atoms with Crippen LogP contribution in [0.5, 0.6) is 0 Å². The maximum Gasteiger partial charge on any atom is 0.416 e. The summed E-state index contributed by atoms with van der Waals surface area (Å²) in [5, 5.41) is 0. The maximum atomic E-state index is 15.2. The van der Waals surface area contributed by atoms with Gasteiger partial charge in [0.05, 0.1) is 40.7 Å². The Labute approximate surface area is 197 Å². The van der Waals surface area contributed by atoms with E-state index in [1.807, 2.05) is 6.92 Å². The first-order valence-electron chi connectivity index (χ1n) is 11.3. The van der Waals surface area contributed by atoms with E-state index in [1.54, 1.807) is 9.30 Å². The molecule has 2 aliphatic rings. The summed E-state index contributed by atoms with van der Waals surface area (Å²) in [5.41, 5.74) is 7.75. The van der Waals surface area contributed by atoms with Crippen LogP contribution in [0.15, 0.2) is 42.9 Å². The number of hydrogen-bond donors (Lipinski definition) is 1. The summed E-state index contributed by atoms with van der Waals surface area (Å²) >= 11 is 0. The predicted octanol–water partition coefficient (Wildman–Crippen LogP) is 5.02. The van der Waals surface area contributed by atoms with E-state index in [0.29, 0.717) is 35.1 Å². The van der Waals surface area contributed by atoms with Crippen molar-refractivity contribution in [1.82, 2.24) is 19.3 Å². The topological polar surface area (TPSA) is 76.5 Å². The van der Waals surface area contributed by atoms with E-state index in [0.717, 1.165) is 12.5 Å². The van der Waals surface area contributed by atoms with Crippen molar-refractivity contribution in [3.8, 4) is 0 Å². The number of piperidine rings is 1. The van der Waals surface area contributed by atoms with E-state index in [9.17, 15) is 18.0 Å².